The summed E-state index contributed by atoms with van der Waals surface area (Å²) in [6, 6.07) is 0. The van der Waals surface area contributed by atoms with Crippen molar-refractivity contribution in [3.63, 3.8) is 0 Å². The SMILES string of the molecule is CCCONN[SH](=O)=O. The minimum Gasteiger partial charge on any atom is -0.286 e. The Labute approximate surface area is 55.4 Å². The van der Waals surface area contributed by atoms with Crippen molar-refractivity contribution in [3.05, 3.63) is 0 Å². The van der Waals surface area contributed by atoms with Crippen LogP contribution >= 0.6 is 0 Å². The Morgan fingerprint density at radius 2 is 2.22 bits per heavy atom. The quantitative estimate of drug-likeness (QED) is 0.268. The van der Waals surface area contributed by atoms with Crippen molar-refractivity contribution in [1.82, 2.24) is 10.4 Å². The molecule has 0 aliphatic rings. The first-order valence-electron chi connectivity index (χ1n) is 2.54. The van der Waals surface area contributed by atoms with Crippen LogP contribution in [-0.2, 0) is 15.7 Å². The molecule has 56 valence electrons. The van der Waals surface area contributed by atoms with Crippen LogP contribution in [-0.4, -0.2) is 15.0 Å². The molecule has 0 amide bonds. The average molecular weight is 154 g/mol. The van der Waals surface area contributed by atoms with Gasteiger partial charge in [-0.15, -0.1) is 10.4 Å². The van der Waals surface area contributed by atoms with Crippen LogP contribution in [0.2, 0.25) is 0 Å². The van der Waals surface area contributed by atoms with Crippen molar-refractivity contribution in [2.45, 2.75) is 13.3 Å². The molecule has 6 heteroatoms. The van der Waals surface area contributed by atoms with Gasteiger partial charge in [0.2, 0.25) is 10.9 Å². The molecule has 0 atom stereocenters. The first kappa shape index (κ1) is 8.83. The van der Waals surface area contributed by atoms with Gasteiger partial charge in [0.15, 0.2) is 0 Å². The fourth-order valence-electron chi connectivity index (χ4n) is 0.223. The summed E-state index contributed by atoms with van der Waals surface area (Å²) in [7, 11) is -2.60. The summed E-state index contributed by atoms with van der Waals surface area (Å²) in [5, 5.41) is 0. The molecular formula is C3H10N2O3S. The molecule has 0 bridgehead atoms. The third kappa shape index (κ3) is 7.83. The molecule has 0 aromatic rings. The van der Waals surface area contributed by atoms with Crippen LogP contribution < -0.4 is 10.4 Å². The molecule has 0 heterocycles. The fraction of sp³-hybridized carbons (Fsp3) is 1.00. The molecule has 0 radical (unpaired) electrons. The zero-order valence-corrected chi connectivity index (χ0v) is 5.98. The Balaban J connectivity index is 2.92. The molecule has 0 aliphatic heterocycles. The van der Waals surface area contributed by atoms with Crippen molar-refractivity contribution in [2.75, 3.05) is 6.61 Å². The van der Waals surface area contributed by atoms with Crippen LogP contribution in [0, 0.1) is 0 Å². The molecule has 5 nitrogen and oxygen atoms in total. The Hall–Kier alpha value is -0.170. The van der Waals surface area contributed by atoms with E-state index in [0.29, 0.717) is 6.61 Å². The summed E-state index contributed by atoms with van der Waals surface area (Å²) < 4.78 is 19.5. The molecule has 0 saturated heterocycles. The monoisotopic (exact) mass is 154 g/mol. The van der Waals surface area contributed by atoms with E-state index in [4.69, 9.17) is 0 Å². The molecule has 0 spiro atoms. The molecule has 0 rings (SSSR count). The van der Waals surface area contributed by atoms with Crippen LogP contribution in [0.25, 0.3) is 0 Å². The summed E-state index contributed by atoms with van der Waals surface area (Å²) in [5.74, 6) is 0. The third-order valence-electron chi connectivity index (χ3n) is 0.515. The lowest BCUT2D eigenvalue weighted by atomic mass is 10.5. The lowest BCUT2D eigenvalue weighted by molar-refractivity contribution is 0.0293. The molecule has 0 aromatic heterocycles. The van der Waals surface area contributed by atoms with E-state index >= 15 is 0 Å². The normalized spacial score (nSPS) is 10.4. The van der Waals surface area contributed by atoms with Crippen molar-refractivity contribution in [3.8, 4) is 0 Å². The molecule has 2 N–H and O–H groups in total. The number of hydrogen-bond acceptors (Lipinski definition) is 4. The van der Waals surface area contributed by atoms with E-state index in [9.17, 15) is 8.42 Å². The zero-order chi connectivity index (χ0) is 7.11. The summed E-state index contributed by atoms with van der Waals surface area (Å²) in [6.07, 6.45) is 0.838. The van der Waals surface area contributed by atoms with E-state index in [1.165, 1.54) is 0 Å². The number of hydrogen-bond donors (Lipinski definition) is 3. The lowest BCUT2D eigenvalue weighted by Gasteiger charge is -1.98. The molecule has 0 aliphatic carbocycles. The van der Waals surface area contributed by atoms with Crippen LogP contribution in [0.1, 0.15) is 13.3 Å². The predicted octanol–water partition coefficient (Wildman–Crippen LogP) is -1.05. The van der Waals surface area contributed by atoms with E-state index in [2.05, 4.69) is 4.84 Å². The second kappa shape index (κ2) is 5.96. The van der Waals surface area contributed by atoms with Gasteiger partial charge in [-0.05, 0) is 6.42 Å². The topological polar surface area (TPSA) is 67.4 Å². The Morgan fingerprint density at radius 3 is 2.67 bits per heavy atom. The number of thiol groups is 1. The lowest BCUT2D eigenvalue weighted by Crippen LogP contribution is -2.30. The smallest absolute Gasteiger partial charge is 0.215 e. The molecule has 0 fully saturated rings. The van der Waals surface area contributed by atoms with Crippen molar-refractivity contribution in [2.24, 2.45) is 0 Å². The van der Waals surface area contributed by atoms with Gasteiger partial charge in [-0.3, -0.25) is 4.84 Å². The maximum atomic E-state index is 9.75. The van der Waals surface area contributed by atoms with E-state index in [0.717, 1.165) is 6.42 Å². The van der Waals surface area contributed by atoms with E-state index in [-0.39, 0.29) is 0 Å². The van der Waals surface area contributed by atoms with Crippen LogP contribution in [0.3, 0.4) is 0 Å². The van der Waals surface area contributed by atoms with E-state index in [1.54, 1.807) is 0 Å². The first-order chi connectivity index (χ1) is 4.27. The molecule has 0 aromatic carbocycles. The molecule has 0 unspecified atom stereocenters. The van der Waals surface area contributed by atoms with Gasteiger partial charge >= 0.3 is 0 Å². The van der Waals surface area contributed by atoms with Crippen LogP contribution in [0.5, 0.6) is 0 Å². The minimum atomic E-state index is -2.60. The highest BCUT2D eigenvalue weighted by Crippen LogP contribution is 1.71. The van der Waals surface area contributed by atoms with Gasteiger partial charge in [-0.2, -0.15) is 0 Å². The standard InChI is InChI=1S/C3H10N2O3S/c1-2-3-8-4-5-9(6)7/h4,9H,2-3H2,1H3,(H,5,6,7). The van der Waals surface area contributed by atoms with Crippen LogP contribution in [0.4, 0.5) is 0 Å². The minimum absolute atomic E-state index is 0.482. The fourth-order valence-corrected chi connectivity index (χ4v) is 0.362. The predicted molar refractivity (Wildman–Crippen MR) is 32.8 cm³/mol. The van der Waals surface area contributed by atoms with Gasteiger partial charge in [-0.25, -0.2) is 8.42 Å². The summed E-state index contributed by atoms with van der Waals surface area (Å²) in [5.41, 5.74) is 2.04. The maximum absolute atomic E-state index is 9.75. The van der Waals surface area contributed by atoms with Gasteiger partial charge < -0.3 is 0 Å². The van der Waals surface area contributed by atoms with Gasteiger partial charge in [0.1, 0.15) is 0 Å². The summed E-state index contributed by atoms with van der Waals surface area (Å²) in [4.78, 5) is 6.41. The summed E-state index contributed by atoms with van der Waals surface area (Å²) in [6.45, 7) is 2.40. The summed E-state index contributed by atoms with van der Waals surface area (Å²) >= 11 is 0. The van der Waals surface area contributed by atoms with Gasteiger partial charge in [0, 0.05) is 0 Å². The van der Waals surface area contributed by atoms with Gasteiger partial charge in [0.25, 0.3) is 0 Å². The largest absolute Gasteiger partial charge is 0.286 e. The number of rotatable bonds is 5. The Kier molecular flexibility index (Phi) is 5.85. The second-order valence-corrected chi connectivity index (χ2v) is 2.06. The first-order valence-corrected chi connectivity index (χ1v) is 3.72. The Bertz CT molecular complexity index is 116. The highest BCUT2D eigenvalue weighted by Gasteiger charge is 1.81. The molecular weight excluding hydrogens is 144 g/mol. The average Bonchev–Trinajstić information content (AvgIpc) is 1.80. The van der Waals surface area contributed by atoms with E-state index < -0.39 is 10.9 Å². The van der Waals surface area contributed by atoms with Gasteiger partial charge in [0.05, 0.1) is 6.61 Å². The number of nitrogens with one attached hydrogen (secondary N) is 2. The Morgan fingerprint density at radius 1 is 1.56 bits per heavy atom. The third-order valence-corrected chi connectivity index (χ3v) is 0.789. The van der Waals surface area contributed by atoms with Gasteiger partial charge in [-0.1, -0.05) is 6.92 Å². The zero-order valence-electron chi connectivity index (χ0n) is 5.09. The maximum Gasteiger partial charge on any atom is 0.215 e. The second-order valence-electron chi connectivity index (χ2n) is 1.32. The molecule has 0 saturated carbocycles. The van der Waals surface area contributed by atoms with Crippen molar-refractivity contribution in [1.29, 1.82) is 0 Å². The highest BCUT2D eigenvalue weighted by atomic mass is 32.2. The molecule has 9 heavy (non-hydrogen) atoms. The van der Waals surface area contributed by atoms with Crippen molar-refractivity contribution >= 4 is 10.9 Å². The number of hydrazine groups is 1. The van der Waals surface area contributed by atoms with E-state index in [1.807, 2.05) is 17.3 Å². The van der Waals surface area contributed by atoms with Crippen LogP contribution in [0.15, 0.2) is 0 Å². The van der Waals surface area contributed by atoms with Crippen molar-refractivity contribution < 1.29 is 13.3 Å². The highest BCUT2D eigenvalue weighted by molar-refractivity contribution is 7.70.